The van der Waals surface area contributed by atoms with Crippen molar-refractivity contribution in [3.63, 3.8) is 0 Å². The van der Waals surface area contributed by atoms with Gasteiger partial charge in [-0.25, -0.2) is 0 Å². The molecular formula is C24H31NO3. The van der Waals surface area contributed by atoms with Gasteiger partial charge in [0.2, 0.25) is 5.91 Å². The first-order chi connectivity index (χ1) is 13.4. The standard InChI is InChI=1S/C24H31NO3/c1-24(2)17-19(13-14-28-24)20(15-18-7-5-4-6-8-18)16-23(26)25-21-9-11-22(27-3)12-10-21/h4-12,19-20H,13-17H2,1-3H3,(H,25,26)/t19-,20-/m1/s1. The number of carbonyl (C=O) groups is 1. The smallest absolute Gasteiger partial charge is 0.224 e. The van der Waals surface area contributed by atoms with E-state index in [1.807, 2.05) is 30.3 Å². The van der Waals surface area contributed by atoms with Crippen LogP contribution in [0.1, 0.15) is 38.7 Å². The highest BCUT2D eigenvalue weighted by molar-refractivity contribution is 5.90. The van der Waals surface area contributed by atoms with Crippen LogP contribution >= 0.6 is 0 Å². The molecule has 4 nitrogen and oxygen atoms in total. The lowest BCUT2D eigenvalue weighted by Gasteiger charge is -2.39. The van der Waals surface area contributed by atoms with Crippen LogP contribution in [0.3, 0.4) is 0 Å². The molecule has 1 fully saturated rings. The lowest BCUT2D eigenvalue weighted by Crippen LogP contribution is -2.38. The Labute approximate surface area is 168 Å². The van der Waals surface area contributed by atoms with Crippen molar-refractivity contribution in [2.75, 3.05) is 19.0 Å². The highest BCUT2D eigenvalue weighted by atomic mass is 16.5. The largest absolute Gasteiger partial charge is 0.497 e. The average molecular weight is 382 g/mol. The quantitative estimate of drug-likeness (QED) is 0.727. The summed E-state index contributed by atoms with van der Waals surface area (Å²) in [6, 6.07) is 17.9. The maximum Gasteiger partial charge on any atom is 0.224 e. The van der Waals surface area contributed by atoms with Gasteiger partial charge in [0.15, 0.2) is 0 Å². The molecular weight excluding hydrogens is 350 g/mol. The van der Waals surface area contributed by atoms with Crippen molar-refractivity contribution in [3.8, 4) is 5.75 Å². The summed E-state index contributed by atoms with van der Waals surface area (Å²) in [4.78, 5) is 12.8. The molecule has 3 rings (SSSR count). The monoisotopic (exact) mass is 381 g/mol. The zero-order valence-corrected chi connectivity index (χ0v) is 17.1. The molecule has 0 aliphatic carbocycles. The summed E-state index contributed by atoms with van der Waals surface area (Å²) in [6.45, 7) is 5.06. The molecule has 1 amide bonds. The molecule has 1 N–H and O–H groups in total. The minimum Gasteiger partial charge on any atom is -0.497 e. The maximum atomic E-state index is 12.8. The lowest BCUT2D eigenvalue weighted by atomic mass is 9.75. The molecule has 4 heteroatoms. The summed E-state index contributed by atoms with van der Waals surface area (Å²) in [5.74, 6) is 1.62. The number of methoxy groups -OCH3 is 1. The number of ether oxygens (including phenoxy) is 2. The Morgan fingerprint density at radius 1 is 1.18 bits per heavy atom. The van der Waals surface area contributed by atoms with E-state index in [2.05, 4.69) is 43.4 Å². The van der Waals surface area contributed by atoms with E-state index in [4.69, 9.17) is 9.47 Å². The van der Waals surface area contributed by atoms with Gasteiger partial charge in [-0.3, -0.25) is 4.79 Å². The van der Waals surface area contributed by atoms with Crippen LogP contribution in [0, 0.1) is 11.8 Å². The average Bonchev–Trinajstić information content (AvgIpc) is 2.68. The fraction of sp³-hybridized carbons (Fsp3) is 0.458. The molecule has 1 heterocycles. The number of rotatable bonds is 7. The number of nitrogens with one attached hydrogen (secondary N) is 1. The fourth-order valence-electron chi connectivity index (χ4n) is 4.13. The van der Waals surface area contributed by atoms with Crippen molar-refractivity contribution in [2.45, 2.75) is 45.1 Å². The van der Waals surface area contributed by atoms with E-state index in [1.54, 1.807) is 7.11 Å². The highest BCUT2D eigenvalue weighted by Gasteiger charge is 2.34. The molecule has 2 atom stereocenters. The Bertz CT molecular complexity index is 755. The summed E-state index contributed by atoms with van der Waals surface area (Å²) in [5.41, 5.74) is 1.97. The molecule has 0 bridgehead atoms. The first kappa shape index (κ1) is 20.4. The van der Waals surface area contributed by atoms with Crippen LogP contribution in [0.2, 0.25) is 0 Å². The van der Waals surface area contributed by atoms with Crippen LogP contribution in [0.4, 0.5) is 5.69 Å². The van der Waals surface area contributed by atoms with Crippen molar-refractivity contribution in [1.29, 1.82) is 0 Å². The molecule has 2 aromatic rings. The molecule has 0 saturated carbocycles. The van der Waals surface area contributed by atoms with Crippen molar-refractivity contribution >= 4 is 11.6 Å². The van der Waals surface area contributed by atoms with Crippen molar-refractivity contribution < 1.29 is 14.3 Å². The molecule has 1 saturated heterocycles. The van der Waals surface area contributed by atoms with E-state index in [1.165, 1.54) is 5.56 Å². The molecule has 0 radical (unpaired) electrons. The number of anilines is 1. The van der Waals surface area contributed by atoms with Crippen LogP contribution in [0.5, 0.6) is 5.75 Å². The minimum atomic E-state index is -0.121. The third-order valence-corrected chi connectivity index (χ3v) is 5.56. The summed E-state index contributed by atoms with van der Waals surface area (Å²) in [6.07, 6.45) is 3.43. The maximum absolute atomic E-state index is 12.8. The molecule has 2 aromatic carbocycles. The second-order valence-electron chi connectivity index (χ2n) is 8.29. The Hall–Kier alpha value is -2.33. The van der Waals surface area contributed by atoms with Crippen molar-refractivity contribution in [2.24, 2.45) is 11.8 Å². The zero-order chi connectivity index (χ0) is 20.0. The second-order valence-corrected chi connectivity index (χ2v) is 8.29. The lowest BCUT2D eigenvalue weighted by molar-refractivity contribution is -0.119. The molecule has 150 valence electrons. The van der Waals surface area contributed by atoms with Crippen LogP contribution in [0.15, 0.2) is 54.6 Å². The summed E-state index contributed by atoms with van der Waals surface area (Å²) in [7, 11) is 1.64. The molecule has 28 heavy (non-hydrogen) atoms. The van der Waals surface area contributed by atoms with Gasteiger partial charge in [-0.1, -0.05) is 30.3 Å². The van der Waals surface area contributed by atoms with Gasteiger partial charge >= 0.3 is 0 Å². The van der Waals surface area contributed by atoms with E-state index < -0.39 is 0 Å². The van der Waals surface area contributed by atoms with Gasteiger partial charge in [-0.15, -0.1) is 0 Å². The van der Waals surface area contributed by atoms with E-state index in [0.29, 0.717) is 18.3 Å². The summed E-state index contributed by atoms with van der Waals surface area (Å²) < 4.78 is 11.1. The first-order valence-electron chi connectivity index (χ1n) is 10.1. The summed E-state index contributed by atoms with van der Waals surface area (Å²) in [5, 5.41) is 3.04. The van der Waals surface area contributed by atoms with E-state index in [-0.39, 0.29) is 11.5 Å². The predicted molar refractivity (Wildman–Crippen MR) is 113 cm³/mol. The third-order valence-electron chi connectivity index (χ3n) is 5.56. The topological polar surface area (TPSA) is 47.6 Å². The second kappa shape index (κ2) is 9.24. The number of benzene rings is 2. The van der Waals surface area contributed by atoms with Gasteiger partial charge in [0.1, 0.15) is 5.75 Å². The molecule has 0 unspecified atom stereocenters. The van der Waals surface area contributed by atoms with Crippen molar-refractivity contribution in [1.82, 2.24) is 0 Å². The van der Waals surface area contributed by atoms with Crippen molar-refractivity contribution in [3.05, 3.63) is 60.2 Å². The highest BCUT2D eigenvalue weighted by Crippen LogP contribution is 2.36. The van der Waals surface area contributed by atoms with Gasteiger partial charge in [-0.2, -0.15) is 0 Å². The van der Waals surface area contributed by atoms with Gasteiger partial charge in [0.25, 0.3) is 0 Å². The van der Waals surface area contributed by atoms with E-state index in [9.17, 15) is 4.79 Å². The van der Waals surface area contributed by atoms with Crippen LogP contribution < -0.4 is 10.1 Å². The molecule has 0 spiro atoms. The molecule has 0 aromatic heterocycles. The number of carbonyl (C=O) groups excluding carboxylic acids is 1. The number of hydrogen-bond donors (Lipinski definition) is 1. The van der Waals surface area contributed by atoms with Crippen LogP contribution in [-0.4, -0.2) is 25.2 Å². The Morgan fingerprint density at radius 2 is 1.89 bits per heavy atom. The Balaban J connectivity index is 1.69. The Morgan fingerprint density at radius 3 is 2.54 bits per heavy atom. The van der Waals surface area contributed by atoms with Gasteiger partial charge in [0.05, 0.1) is 12.7 Å². The SMILES string of the molecule is COc1ccc(NC(=O)C[C@@H](Cc2ccccc2)[C@@H]2CCOC(C)(C)C2)cc1. The molecule has 1 aliphatic rings. The summed E-state index contributed by atoms with van der Waals surface area (Å²) >= 11 is 0. The molecule has 1 aliphatic heterocycles. The van der Waals surface area contributed by atoms with Crippen LogP contribution in [0.25, 0.3) is 0 Å². The number of amides is 1. The minimum absolute atomic E-state index is 0.0652. The zero-order valence-electron chi connectivity index (χ0n) is 17.1. The van der Waals surface area contributed by atoms with E-state index >= 15 is 0 Å². The van der Waals surface area contributed by atoms with Gasteiger partial charge in [0, 0.05) is 18.7 Å². The third kappa shape index (κ3) is 5.83. The fourth-order valence-corrected chi connectivity index (χ4v) is 4.13. The Kier molecular flexibility index (Phi) is 6.74. The van der Waals surface area contributed by atoms with Gasteiger partial charge in [-0.05, 0) is 74.8 Å². The van der Waals surface area contributed by atoms with E-state index in [0.717, 1.165) is 37.3 Å². The predicted octanol–water partition coefficient (Wildman–Crippen LogP) is 5.09. The normalized spacial score (nSPS) is 19.6. The van der Waals surface area contributed by atoms with Crippen LogP contribution in [-0.2, 0) is 16.0 Å². The van der Waals surface area contributed by atoms with Gasteiger partial charge < -0.3 is 14.8 Å². The number of hydrogen-bond acceptors (Lipinski definition) is 3. The first-order valence-corrected chi connectivity index (χ1v) is 10.1.